The maximum Gasteiger partial charge on any atom is 0.391 e. The number of sulfone groups is 1. The Morgan fingerprint density at radius 3 is 2.44 bits per heavy atom. The van der Waals surface area contributed by atoms with Crippen LogP contribution in [0.4, 0.5) is 23.2 Å². The van der Waals surface area contributed by atoms with Crippen LogP contribution in [-0.2, 0) is 9.84 Å². The highest BCUT2D eigenvalue weighted by molar-refractivity contribution is 7.90. The molecule has 2 fully saturated rings. The predicted octanol–water partition coefficient (Wildman–Crippen LogP) is 5.46. The molecule has 4 nitrogen and oxygen atoms in total. The number of hydrogen-bond donors (Lipinski definition) is 0. The van der Waals surface area contributed by atoms with E-state index in [0.29, 0.717) is 32.6 Å². The molecule has 1 heterocycles. The fraction of sp³-hybridized carbons (Fsp3) is 0.520. The number of rotatable bonds is 5. The van der Waals surface area contributed by atoms with E-state index in [1.807, 2.05) is 6.07 Å². The molecule has 0 amide bonds. The average Bonchev–Trinajstić information content (AvgIpc) is 2.79. The molecule has 0 N–H and O–H groups in total. The number of hydrogen-bond acceptors (Lipinski definition) is 4. The molecular formula is C25H30F4N2O2S. The Bertz CT molecular complexity index is 1090. The molecule has 186 valence electrons. The SMILES string of the molecule is CS(=O)(=O)c1cccc(N2CCN(C[C@H]3CCC[C@@H](C(F)(F)F)C3)[C@@H](c3ccc(F)cc3)C2)c1. The van der Waals surface area contributed by atoms with Crippen LogP contribution in [0.2, 0.25) is 0 Å². The highest BCUT2D eigenvalue weighted by Crippen LogP contribution is 2.41. The van der Waals surface area contributed by atoms with Gasteiger partial charge >= 0.3 is 6.18 Å². The fourth-order valence-electron chi connectivity index (χ4n) is 5.27. The Kier molecular flexibility index (Phi) is 7.24. The summed E-state index contributed by atoms with van der Waals surface area (Å²) in [5, 5.41) is 0. The number of benzene rings is 2. The second kappa shape index (κ2) is 9.85. The maximum atomic E-state index is 13.6. The first kappa shape index (κ1) is 25.0. The molecule has 2 aromatic rings. The molecule has 0 bridgehead atoms. The van der Waals surface area contributed by atoms with Gasteiger partial charge in [-0.2, -0.15) is 13.2 Å². The minimum absolute atomic E-state index is 0.0385. The minimum Gasteiger partial charge on any atom is -0.368 e. The summed E-state index contributed by atoms with van der Waals surface area (Å²) in [7, 11) is -3.35. The van der Waals surface area contributed by atoms with Gasteiger partial charge in [0.15, 0.2) is 9.84 Å². The summed E-state index contributed by atoms with van der Waals surface area (Å²) in [5.74, 6) is -1.62. The van der Waals surface area contributed by atoms with Crippen LogP contribution in [0.5, 0.6) is 0 Å². The Morgan fingerprint density at radius 2 is 1.76 bits per heavy atom. The van der Waals surface area contributed by atoms with Crippen LogP contribution in [0.25, 0.3) is 0 Å². The summed E-state index contributed by atoms with van der Waals surface area (Å²) in [5.41, 5.74) is 1.68. The molecular weight excluding hydrogens is 468 g/mol. The van der Waals surface area contributed by atoms with Gasteiger partial charge in [-0.1, -0.05) is 24.6 Å². The molecule has 4 rings (SSSR count). The molecule has 0 radical (unpaired) electrons. The molecule has 2 aliphatic rings. The van der Waals surface area contributed by atoms with Crippen molar-refractivity contribution in [2.75, 3.05) is 37.3 Å². The van der Waals surface area contributed by atoms with Crippen molar-refractivity contribution < 1.29 is 26.0 Å². The Balaban J connectivity index is 1.56. The lowest BCUT2D eigenvalue weighted by Crippen LogP contribution is -2.50. The minimum atomic E-state index is -4.15. The van der Waals surface area contributed by atoms with E-state index < -0.39 is 21.9 Å². The van der Waals surface area contributed by atoms with Crippen molar-refractivity contribution in [1.29, 1.82) is 0 Å². The van der Waals surface area contributed by atoms with Crippen LogP contribution in [0.3, 0.4) is 0 Å². The first-order chi connectivity index (χ1) is 16.0. The standard InChI is InChI=1S/C25H30F4N2O2S/c1-34(32,33)23-7-3-6-22(15-23)30-12-13-31(24(17-30)19-8-10-21(26)11-9-19)16-18-4-2-5-20(14-18)25(27,28)29/h3,6-11,15,18,20,24H,2,4-5,12-14,16-17H2,1H3/t18-,20+,24+/m0/s1. The Labute approximate surface area is 198 Å². The quantitative estimate of drug-likeness (QED) is 0.514. The van der Waals surface area contributed by atoms with Gasteiger partial charge in [-0.3, -0.25) is 4.90 Å². The van der Waals surface area contributed by atoms with E-state index in [1.165, 1.54) is 18.4 Å². The highest BCUT2D eigenvalue weighted by Gasteiger charge is 2.43. The van der Waals surface area contributed by atoms with Crippen LogP contribution >= 0.6 is 0 Å². The van der Waals surface area contributed by atoms with Crippen molar-refractivity contribution in [3.63, 3.8) is 0 Å². The van der Waals surface area contributed by atoms with Gasteiger partial charge in [0.05, 0.1) is 16.9 Å². The van der Waals surface area contributed by atoms with Crippen molar-refractivity contribution >= 4 is 15.5 Å². The van der Waals surface area contributed by atoms with E-state index in [4.69, 9.17) is 0 Å². The van der Waals surface area contributed by atoms with Crippen molar-refractivity contribution in [2.45, 2.75) is 42.8 Å². The van der Waals surface area contributed by atoms with E-state index in [0.717, 1.165) is 17.7 Å². The van der Waals surface area contributed by atoms with Crippen molar-refractivity contribution in [1.82, 2.24) is 4.90 Å². The van der Waals surface area contributed by atoms with Gasteiger partial charge in [-0.25, -0.2) is 12.8 Å². The van der Waals surface area contributed by atoms with Crippen molar-refractivity contribution in [3.8, 4) is 0 Å². The molecule has 1 saturated carbocycles. The topological polar surface area (TPSA) is 40.6 Å². The summed E-state index contributed by atoms with van der Waals surface area (Å²) in [4.78, 5) is 4.55. The fourth-order valence-corrected chi connectivity index (χ4v) is 5.93. The van der Waals surface area contributed by atoms with Crippen LogP contribution in [0.15, 0.2) is 53.4 Å². The first-order valence-corrected chi connectivity index (χ1v) is 13.5. The predicted molar refractivity (Wildman–Crippen MR) is 124 cm³/mol. The van der Waals surface area contributed by atoms with E-state index in [1.54, 1.807) is 30.3 Å². The number of halogens is 4. The number of nitrogens with zero attached hydrogens (tertiary/aromatic N) is 2. The molecule has 0 spiro atoms. The van der Waals surface area contributed by atoms with Crippen LogP contribution in [0, 0.1) is 17.7 Å². The largest absolute Gasteiger partial charge is 0.391 e. The molecule has 0 unspecified atom stereocenters. The van der Waals surface area contributed by atoms with Gasteiger partial charge in [-0.15, -0.1) is 0 Å². The van der Waals surface area contributed by atoms with Crippen LogP contribution in [0.1, 0.15) is 37.3 Å². The summed E-state index contributed by atoms with van der Waals surface area (Å²) in [6.45, 7) is 2.35. The summed E-state index contributed by atoms with van der Waals surface area (Å²) in [6.07, 6.45) is -1.28. The van der Waals surface area contributed by atoms with Crippen molar-refractivity contribution in [2.24, 2.45) is 11.8 Å². The molecule has 1 aliphatic carbocycles. The zero-order chi connectivity index (χ0) is 24.5. The lowest BCUT2D eigenvalue weighted by atomic mass is 9.80. The molecule has 0 aromatic heterocycles. The molecule has 1 aliphatic heterocycles. The highest BCUT2D eigenvalue weighted by atomic mass is 32.2. The Hall–Kier alpha value is -2.13. The van der Waals surface area contributed by atoms with Crippen molar-refractivity contribution in [3.05, 3.63) is 59.9 Å². The number of anilines is 1. The lowest BCUT2D eigenvalue weighted by molar-refractivity contribution is -0.186. The van der Waals surface area contributed by atoms with Gasteiger partial charge in [-0.05, 0) is 61.1 Å². The summed E-state index contributed by atoms with van der Waals surface area (Å²) < 4.78 is 77.6. The van der Waals surface area contributed by atoms with Crippen LogP contribution < -0.4 is 4.90 Å². The third-order valence-corrected chi connectivity index (χ3v) is 8.21. The third kappa shape index (κ3) is 5.92. The monoisotopic (exact) mass is 498 g/mol. The van der Waals surface area contributed by atoms with Gasteiger partial charge < -0.3 is 4.90 Å². The van der Waals surface area contributed by atoms with Crippen LogP contribution in [-0.4, -0.2) is 51.9 Å². The summed E-state index contributed by atoms with van der Waals surface area (Å²) in [6, 6.07) is 12.9. The average molecular weight is 499 g/mol. The van der Waals surface area contributed by atoms with Gasteiger partial charge in [0.2, 0.25) is 0 Å². The van der Waals surface area contributed by atoms with E-state index >= 15 is 0 Å². The van der Waals surface area contributed by atoms with E-state index in [2.05, 4.69) is 9.80 Å². The zero-order valence-corrected chi connectivity index (χ0v) is 20.0. The second-order valence-electron chi connectivity index (χ2n) is 9.55. The van der Waals surface area contributed by atoms with Gasteiger partial charge in [0.25, 0.3) is 0 Å². The molecule has 3 atom stereocenters. The Morgan fingerprint density at radius 1 is 1.03 bits per heavy atom. The molecule has 2 aromatic carbocycles. The normalized spacial score (nSPS) is 24.9. The second-order valence-corrected chi connectivity index (χ2v) is 11.6. The van der Waals surface area contributed by atoms with E-state index in [-0.39, 0.29) is 35.5 Å². The third-order valence-electron chi connectivity index (χ3n) is 7.10. The lowest BCUT2D eigenvalue weighted by Gasteiger charge is -2.45. The molecule has 9 heteroatoms. The number of piperazine rings is 1. The van der Waals surface area contributed by atoms with Gasteiger partial charge in [0.1, 0.15) is 5.82 Å². The smallest absolute Gasteiger partial charge is 0.368 e. The zero-order valence-electron chi connectivity index (χ0n) is 19.1. The number of alkyl halides is 3. The molecule has 1 saturated heterocycles. The summed E-state index contributed by atoms with van der Waals surface area (Å²) >= 11 is 0. The molecule has 34 heavy (non-hydrogen) atoms. The maximum absolute atomic E-state index is 13.6. The van der Waals surface area contributed by atoms with E-state index in [9.17, 15) is 26.0 Å². The van der Waals surface area contributed by atoms with Gasteiger partial charge in [0, 0.05) is 38.1 Å². The first-order valence-electron chi connectivity index (χ1n) is 11.6.